The molecule has 1 aromatic heterocycles. The maximum atomic E-state index is 11.6. The predicted molar refractivity (Wildman–Crippen MR) is 62.3 cm³/mol. The van der Waals surface area contributed by atoms with Crippen LogP contribution in [0, 0.1) is 5.92 Å². The van der Waals surface area contributed by atoms with E-state index in [-0.39, 0.29) is 11.5 Å². The van der Waals surface area contributed by atoms with E-state index in [1.54, 1.807) is 12.1 Å². The number of benzene rings is 1. The van der Waals surface area contributed by atoms with Gasteiger partial charge in [-0.1, -0.05) is 19.9 Å². The van der Waals surface area contributed by atoms with E-state index in [0.29, 0.717) is 17.4 Å². The number of aromatic carboxylic acids is 1. The minimum atomic E-state index is -1.06. The second-order valence-electron chi connectivity index (χ2n) is 4.34. The quantitative estimate of drug-likeness (QED) is 0.882. The van der Waals surface area contributed by atoms with Crippen molar-refractivity contribution in [2.24, 2.45) is 5.92 Å². The summed E-state index contributed by atoms with van der Waals surface area (Å²) in [5.74, 6) is -0.801. The molecule has 0 fully saturated rings. The second-order valence-corrected chi connectivity index (χ2v) is 4.34. The van der Waals surface area contributed by atoms with Gasteiger partial charge in [0, 0.05) is 0 Å². The fourth-order valence-electron chi connectivity index (χ4n) is 1.80. The van der Waals surface area contributed by atoms with Crippen LogP contribution in [0.5, 0.6) is 0 Å². The third kappa shape index (κ3) is 1.95. The first-order valence-electron chi connectivity index (χ1n) is 5.37. The van der Waals surface area contributed by atoms with Crippen molar-refractivity contribution >= 4 is 16.9 Å². The van der Waals surface area contributed by atoms with Gasteiger partial charge in [-0.15, -0.1) is 0 Å². The minimum Gasteiger partial charge on any atom is -0.478 e. The summed E-state index contributed by atoms with van der Waals surface area (Å²) >= 11 is 0. The highest BCUT2D eigenvalue weighted by molar-refractivity contribution is 6.01. The van der Waals surface area contributed by atoms with Crippen LogP contribution < -0.4 is 5.63 Å². The lowest BCUT2D eigenvalue weighted by Gasteiger charge is -2.06. The van der Waals surface area contributed by atoms with E-state index in [4.69, 9.17) is 9.63 Å². The number of hydrogen-bond acceptors (Lipinski definition) is 3. The molecule has 0 saturated carbocycles. The van der Waals surface area contributed by atoms with Crippen molar-refractivity contribution in [1.29, 1.82) is 0 Å². The molecule has 2 aromatic rings. The maximum absolute atomic E-state index is 11.6. The third-order valence-corrected chi connectivity index (χ3v) is 2.46. The predicted octanol–water partition coefficient (Wildman–Crippen LogP) is 1.95. The number of nitrogens with zero attached hydrogens (tertiary/aromatic N) is 1. The van der Waals surface area contributed by atoms with E-state index in [9.17, 15) is 9.59 Å². The summed E-state index contributed by atoms with van der Waals surface area (Å²) < 4.78 is 6.43. The van der Waals surface area contributed by atoms with Gasteiger partial charge in [-0.25, -0.2) is 14.3 Å². The standard InChI is InChI=1S/C12H13NO4/c1-7(2)6-13-10-8(11(14)15)4-3-5-9(10)12(16)17-13/h3-5,7H,6H2,1-2H3,(H,14,15). The molecule has 2 rings (SSSR count). The van der Waals surface area contributed by atoms with E-state index >= 15 is 0 Å². The van der Waals surface area contributed by atoms with Crippen molar-refractivity contribution < 1.29 is 14.4 Å². The Morgan fingerprint density at radius 1 is 1.47 bits per heavy atom. The molecule has 0 aliphatic carbocycles. The number of carbonyl (C=O) groups is 1. The van der Waals surface area contributed by atoms with Gasteiger partial charge in [-0.05, 0) is 18.1 Å². The van der Waals surface area contributed by atoms with Crippen molar-refractivity contribution in [2.45, 2.75) is 20.4 Å². The molecule has 0 aliphatic heterocycles. The first kappa shape index (κ1) is 11.4. The van der Waals surface area contributed by atoms with E-state index in [0.717, 1.165) is 0 Å². The SMILES string of the molecule is CC(C)Cn1oc(=O)c2cccc(C(=O)O)c21. The molecule has 0 bridgehead atoms. The fourth-order valence-corrected chi connectivity index (χ4v) is 1.80. The summed E-state index contributed by atoms with van der Waals surface area (Å²) in [6, 6.07) is 4.59. The number of hydrogen-bond donors (Lipinski definition) is 1. The highest BCUT2D eigenvalue weighted by Gasteiger charge is 2.17. The summed E-state index contributed by atoms with van der Waals surface area (Å²) in [5, 5.41) is 9.40. The summed E-state index contributed by atoms with van der Waals surface area (Å²) in [5.41, 5.74) is -0.0450. The number of aromatic nitrogens is 1. The van der Waals surface area contributed by atoms with Gasteiger partial charge < -0.3 is 9.63 Å². The summed E-state index contributed by atoms with van der Waals surface area (Å²) in [6.07, 6.45) is 0. The lowest BCUT2D eigenvalue weighted by Crippen LogP contribution is -2.06. The summed E-state index contributed by atoms with van der Waals surface area (Å²) in [6.45, 7) is 4.41. The zero-order valence-electron chi connectivity index (χ0n) is 9.64. The van der Waals surface area contributed by atoms with Crippen LogP contribution in [-0.2, 0) is 6.54 Å². The Labute approximate surface area is 97.2 Å². The topological polar surface area (TPSA) is 72.4 Å². The van der Waals surface area contributed by atoms with Crippen molar-refractivity contribution in [3.63, 3.8) is 0 Å². The number of carboxylic acid groups (broad SMARTS) is 1. The molecule has 5 heteroatoms. The van der Waals surface area contributed by atoms with Crippen LogP contribution in [0.1, 0.15) is 24.2 Å². The van der Waals surface area contributed by atoms with Gasteiger partial charge in [0.1, 0.15) is 5.52 Å². The zero-order chi connectivity index (χ0) is 12.6. The molecule has 90 valence electrons. The molecule has 0 atom stereocenters. The van der Waals surface area contributed by atoms with Crippen molar-refractivity contribution in [3.8, 4) is 0 Å². The molecule has 0 spiro atoms. The molecule has 17 heavy (non-hydrogen) atoms. The highest BCUT2D eigenvalue weighted by Crippen LogP contribution is 2.18. The van der Waals surface area contributed by atoms with Crippen molar-refractivity contribution in [1.82, 2.24) is 4.74 Å². The van der Waals surface area contributed by atoms with Crippen LogP contribution in [0.25, 0.3) is 10.9 Å². The number of fused-ring (bicyclic) bond motifs is 1. The van der Waals surface area contributed by atoms with Gasteiger partial charge in [0.05, 0.1) is 17.5 Å². The van der Waals surface area contributed by atoms with Crippen LogP contribution in [-0.4, -0.2) is 15.8 Å². The number of para-hydroxylation sites is 1. The molecule has 5 nitrogen and oxygen atoms in total. The number of rotatable bonds is 3. The average Bonchev–Trinajstić information content (AvgIpc) is 2.55. The maximum Gasteiger partial charge on any atom is 0.365 e. The van der Waals surface area contributed by atoms with Crippen LogP contribution in [0.15, 0.2) is 27.5 Å². The lowest BCUT2D eigenvalue weighted by molar-refractivity contribution is 0.0697. The van der Waals surface area contributed by atoms with Gasteiger partial charge in [0.2, 0.25) is 0 Å². The monoisotopic (exact) mass is 235 g/mol. The smallest absolute Gasteiger partial charge is 0.365 e. The van der Waals surface area contributed by atoms with Crippen molar-refractivity contribution in [2.75, 3.05) is 0 Å². The first-order chi connectivity index (χ1) is 8.00. The van der Waals surface area contributed by atoms with Gasteiger partial charge in [0.25, 0.3) is 0 Å². The average molecular weight is 235 g/mol. The van der Waals surface area contributed by atoms with Crippen molar-refractivity contribution in [3.05, 3.63) is 34.2 Å². The van der Waals surface area contributed by atoms with Gasteiger partial charge in [-0.2, -0.15) is 0 Å². The zero-order valence-corrected chi connectivity index (χ0v) is 9.64. The molecular weight excluding hydrogens is 222 g/mol. The Balaban J connectivity index is 2.76. The first-order valence-corrected chi connectivity index (χ1v) is 5.37. The lowest BCUT2D eigenvalue weighted by atomic mass is 10.1. The molecule has 0 radical (unpaired) electrons. The Bertz CT molecular complexity index is 621. The van der Waals surface area contributed by atoms with Crippen LogP contribution >= 0.6 is 0 Å². The minimum absolute atomic E-state index is 0.0917. The normalized spacial score (nSPS) is 11.2. The summed E-state index contributed by atoms with van der Waals surface area (Å²) in [7, 11) is 0. The Kier molecular flexibility index (Phi) is 2.75. The van der Waals surface area contributed by atoms with Gasteiger partial charge in [0.15, 0.2) is 0 Å². The molecule has 1 aromatic carbocycles. The van der Waals surface area contributed by atoms with Crippen LogP contribution in [0.2, 0.25) is 0 Å². The molecule has 1 N–H and O–H groups in total. The molecule has 0 aliphatic rings. The molecule has 0 unspecified atom stereocenters. The van der Waals surface area contributed by atoms with Gasteiger partial charge in [-0.3, -0.25) is 0 Å². The van der Waals surface area contributed by atoms with Crippen LogP contribution in [0.3, 0.4) is 0 Å². The van der Waals surface area contributed by atoms with E-state index in [1.165, 1.54) is 10.8 Å². The largest absolute Gasteiger partial charge is 0.478 e. The molecule has 1 heterocycles. The van der Waals surface area contributed by atoms with E-state index in [2.05, 4.69) is 0 Å². The second kappa shape index (κ2) is 4.08. The molecule has 0 saturated heterocycles. The Morgan fingerprint density at radius 2 is 2.18 bits per heavy atom. The number of carboxylic acids is 1. The summed E-state index contributed by atoms with van der Waals surface area (Å²) in [4.78, 5) is 22.7. The van der Waals surface area contributed by atoms with E-state index < -0.39 is 11.6 Å². The highest BCUT2D eigenvalue weighted by atomic mass is 16.5. The third-order valence-electron chi connectivity index (χ3n) is 2.46. The molecular formula is C12H13NO4. The van der Waals surface area contributed by atoms with Gasteiger partial charge >= 0.3 is 11.6 Å². The Hall–Kier alpha value is -2.04. The fraction of sp³-hybridized carbons (Fsp3) is 0.333. The molecule has 0 amide bonds. The van der Waals surface area contributed by atoms with E-state index in [1.807, 2.05) is 13.8 Å². The Morgan fingerprint density at radius 3 is 2.76 bits per heavy atom. The van der Waals surface area contributed by atoms with Crippen LogP contribution in [0.4, 0.5) is 0 Å².